The number of benzene rings is 1. The first-order valence-corrected chi connectivity index (χ1v) is 5.71. The third-order valence-corrected chi connectivity index (χ3v) is 2.53. The fourth-order valence-electron chi connectivity index (χ4n) is 1.51. The zero-order valence-corrected chi connectivity index (χ0v) is 10.6. The van der Waals surface area contributed by atoms with Gasteiger partial charge < -0.3 is 15.2 Å². The summed E-state index contributed by atoms with van der Waals surface area (Å²) >= 11 is 0. The molecule has 0 fully saturated rings. The molecule has 6 nitrogen and oxygen atoms in total. The highest BCUT2D eigenvalue weighted by molar-refractivity contribution is 5.43. The summed E-state index contributed by atoms with van der Waals surface area (Å²) in [6, 6.07) is 4.44. The van der Waals surface area contributed by atoms with E-state index in [9.17, 15) is 10.1 Å². The molecule has 2 N–H and O–H groups in total. The average Bonchev–Trinajstić information content (AvgIpc) is 2.36. The lowest BCUT2D eigenvalue weighted by molar-refractivity contribution is -0.384. The second-order valence-corrected chi connectivity index (χ2v) is 3.96. The summed E-state index contributed by atoms with van der Waals surface area (Å²) < 4.78 is 10.7. The van der Waals surface area contributed by atoms with Gasteiger partial charge in [-0.2, -0.15) is 0 Å². The van der Waals surface area contributed by atoms with E-state index in [1.807, 2.05) is 6.92 Å². The van der Waals surface area contributed by atoms with Crippen molar-refractivity contribution in [3.05, 3.63) is 33.9 Å². The Balaban J connectivity index is 2.79. The van der Waals surface area contributed by atoms with Crippen LogP contribution in [0.15, 0.2) is 18.2 Å². The zero-order chi connectivity index (χ0) is 13.5. The Morgan fingerprint density at radius 1 is 1.50 bits per heavy atom. The van der Waals surface area contributed by atoms with Crippen molar-refractivity contribution in [3.63, 3.8) is 0 Å². The Kier molecular flexibility index (Phi) is 5.54. The number of ether oxygens (including phenoxy) is 2. The molecule has 0 aromatic heterocycles. The molecule has 0 aliphatic rings. The van der Waals surface area contributed by atoms with Gasteiger partial charge in [-0.15, -0.1) is 0 Å². The van der Waals surface area contributed by atoms with Gasteiger partial charge >= 0.3 is 0 Å². The van der Waals surface area contributed by atoms with Gasteiger partial charge in [0.2, 0.25) is 0 Å². The van der Waals surface area contributed by atoms with E-state index in [0.717, 1.165) is 6.42 Å². The van der Waals surface area contributed by atoms with Gasteiger partial charge in [0.05, 0.1) is 11.0 Å². The van der Waals surface area contributed by atoms with Crippen molar-refractivity contribution < 1.29 is 14.4 Å². The van der Waals surface area contributed by atoms with Crippen LogP contribution in [-0.2, 0) is 11.3 Å². The van der Waals surface area contributed by atoms with Crippen LogP contribution < -0.4 is 10.5 Å². The molecule has 0 saturated carbocycles. The minimum atomic E-state index is -0.447. The highest BCUT2D eigenvalue weighted by atomic mass is 16.6. The number of nitrogens with zero attached hydrogens (tertiary/aromatic N) is 1. The maximum absolute atomic E-state index is 10.7. The number of nitro groups is 1. The third kappa shape index (κ3) is 3.97. The molecule has 0 heterocycles. The number of rotatable bonds is 7. The first-order valence-electron chi connectivity index (χ1n) is 5.71. The summed E-state index contributed by atoms with van der Waals surface area (Å²) in [7, 11) is 1.63. The van der Waals surface area contributed by atoms with Gasteiger partial charge in [0.25, 0.3) is 5.69 Å². The van der Waals surface area contributed by atoms with Gasteiger partial charge in [-0.1, -0.05) is 0 Å². The van der Waals surface area contributed by atoms with Crippen molar-refractivity contribution >= 4 is 5.69 Å². The average molecular weight is 254 g/mol. The van der Waals surface area contributed by atoms with E-state index >= 15 is 0 Å². The van der Waals surface area contributed by atoms with Crippen molar-refractivity contribution in [3.8, 4) is 5.75 Å². The summed E-state index contributed by atoms with van der Waals surface area (Å²) in [4.78, 5) is 10.2. The smallest absolute Gasteiger partial charge is 0.270 e. The van der Waals surface area contributed by atoms with Crippen molar-refractivity contribution in [2.45, 2.75) is 26.0 Å². The number of nitrogens with two attached hydrogens (primary N) is 1. The number of hydrogen-bond acceptors (Lipinski definition) is 5. The maximum Gasteiger partial charge on any atom is 0.270 e. The van der Waals surface area contributed by atoms with Crippen LogP contribution in [0.3, 0.4) is 0 Å². The molecular formula is C12H18N2O4. The van der Waals surface area contributed by atoms with Crippen molar-refractivity contribution in [2.75, 3.05) is 13.7 Å². The van der Waals surface area contributed by atoms with Crippen molar-refractivity contribution in [1.82, 2.24) is 0 Å². The van der Waals surface area contributed by atoms with E-state index < -0.39 is 4.92 Å². The normalized spacial score (nSPS) is 12.2. The molecule has 6 heteroatoms. The Hall–Kier alpha value is -1.66. The molecule has 0 spiro atoms. The fourth-order valence-corrected chi connectivity index (χ4v) is 1.51. The molecule has 1 rings (SSSR count). The van der Waals surface area contributed by atoms with Crippen LogP contribution in [0.1, 0.15) is 18.9 Å². The Morgan fingerprint density at radius 3 is 2.78 bits per heavy atom. The van der Waals surface area contributed by atoms with Crippen molar-refractivity contribution in [1.29, 1.82) is 0 Å². The first-order chi connectivity index (χ1) is 8.58. The van der Waals surface area contributed by atoms with E-state index in [1.54, 1.807) is 13.2 Å². The van der Waals surface area contributed by atoms with Gasteiger partial charge in [0.15, 0.2) is 0 Å². The highest BCUT2D eigenvalue weighted by Crippen LogP contribution is 2.25. The zero-order valence-electron chi connectivity index (χ0n) is 10.6. The van der Waals surface area contributed by atoms with E-state index in [4.69, 9.17) is 15.2 Å². The van der Waals surface area contributed by atoms with E-state index in [-0.39, 0.29) is 18.3 Å². The van der Waals surface area contributed by atoms with E-state index in [0.29, 0.717) is 17.9 Å². The molecule has 1 aromatic carbocycles. The quantitative estimate of drug-likeness (QED) is 0.592. The molecule has 1 atom stereocenters. The number of non-ortho nitro benzene ring substituents is 1. The third-order valence-electron chi connectivity index (χ3n) is 2.53. The van der Waals surface area contributed by atoms with E-state index in [2.05, 4.69) is 0 Å². The van der Waals surface area contributed by atoms with Crippen LogP contribution in [0.2, 0.25) is 0 Å². The molecule has 0 aliphatic heterocycles. The highest BCUT2D eigenvalue weighted by Gasteiger charge is 2.12. The Bertz CT molecular complexity index is 409. The standard InChI is InChI=1S/C12H18N2O4/c1-9(5-6-17-2)18-12-4-3-11(14(15)16)7-10(12)8-13/h3-4,7,9H,5-6,8,13H2,1-2H3. The topological polar surface area (TPSA) is 87.6 Å². The maximum atomic E-state index is 10.7. The van der Waals surface area contributed by atoms with Crippen LogP contribution >= 0.6 is 0 Å². The monoisotopic (exact) mass is 254 g/mol. The van der Waals surface area contributed by atoms with Gasteiger partial charge in [0, 0.05) is 44.4 Å². The predicted octanol–water partition coefficient (Wildman–Crippen LogP) is 1.86. The second-order valence-electron chi connectivity index (χ2n) is 3.96. The number of nitro benzene ring substituents is 1. The summed E-state index contributed by atoms with van der Waals surface area (Å²) in [5.74, 6) is 0.590. The van der Waals surface area contributed by atoms with Gasteiger partial charge in [-0.25, -0.2) is 0 Å². The lowest BCUT2D eigenvalue weighted by Crippen LogP contribution is -2.15. The SMILES string of the molecule is COCCC(C)Oc1ccc([N+](=O)[O-])cc1CN. The summed E-state index contributed by atoms with van der Waals surface area (Å²) in [5, 5.41) is 10.7. The van der Waals surface area contributed by atoms with Gasteiger partial charge in [-0.05, 0) is 13.0 Å². The van der Waals surface area contributed by atoms with Crippen LogP contribution in [0, 0.1) is 10.1 Å². The first kappa shape index (κ1) is 14.4. The van der Waals surface area contributed by atoms with Crippen LogP contribution in [-0.4, -0.2) is 24.7 Å². The van der Waals surface area contributed by atoms with Gasteiger partial charge in [-0.3, -0.25) is 10.1 Å². The molecule has 1 aromatic rings. The number of hydrogen-bond donors (Lipinski definition) is 1. The van der Waals surface area contributed by atoms with Crippen LogP contribution in [0.25, 0.3) is 0 Å². The summed E-state index contributed by atoms with van der Waals surface area (Å²) in [6.45, 7) is 2.72. The van der Waals surface area contributed by atoms with Crippen molar-refractivity contribution in [2.24, 2.45) is 5.73 Å². The number of methoxy groups -OCH3 is 1. The molecule has 0 amide bonds. The van der Waals surface area contributed by atoms with Crippen LogP contribution in [0.5, 0.6) is 5.75 Å². The minimum Gasteiger partial charge on any atom is -0.490 e. The molecule has 18 heavy (non-hydrogen) atoms. The fraction of sp³-hybridized carbons (Fsp3) is 0.500. The Labute approximate surface area is 106 Å². The molecule has 0 saturated heterocycles. The summed E-state index contributed by atoms with van der Waals surface area (Å²) in [6.07, 6.45) is 0.717. The molecule has 100 valence electrons. The lowest BCUT2D eigenvalue weighted by atomic mass is 10.1. The molecule has 0 bridgehead atoms. The predicted molar refractivity (Wildman–Crippen MR) is 67.6 cm³/mol. The molecule has 0 radical (unpaired) electrons. The Morgan fingerprint density at radius 2 is 2.22 bits per heavy atom. The minimum absolute atomic E-state index is 0.0207. The summed E-state index contributed by atoms with van der Waals surface area (Å²) in [5.41, 5.74) is 6.22. The molecular weight excluding hydrogens is 236 g/mol. The second kappa shape index (κ2) is 6.93. The molecule has 1 unspecified atom stereocenters. The van der Waals surface area contributed by atoms with Crippen LogP contribution in [0.4, 0.5) is 5.69 Å². The molecule has 0 aliphatic carbocycles. The van der Waals surface area contributed by atoms with Gasteiger partial charge in [0.1, 0.15) is 5.75 Å². The van der Waals surface area contributed by atoms with E-state index in [1.165, 1.54) is 12.1 Å². The largest absolute Gasteiger partial charge is 0.490 e. The lowest BCUT2D eigenvalue weighted by Gasteiger charge is -2.16.